The number of hydrogen-bond donors (Lipinski definition) is 0. The Hall–Kier alpha value is 1.46. The van der Waals surface area contributed by atoms with Crippen LogP contribution in [0.15, 0.2) is 0 Å². The lowest BCUT2D eigenvalue weighted by atomic mass is 10.1. The lowest BCUT2D eigenvalue weighted by molar-refractivity contribution is 0.560. The standard InChI is InChI=1S/C14H28I2/c1-3-13(15)11-9-7-5-6-8-10-12-14(16)4-2/h13-14H,3-12H2,1-2H3/t13-,14?/m0/s1. The molecular formula is C14H28I2. The number of unbranched alkanes of at least 4 members (excludes halogenated alkanes) is 5. The molecular weight excluding hydrogens is 422 g/mol. The largest absolute Gasteiger partial charge is 0.0826 e. The van der Waals surface area contributed by atoms with Gasteiger partial charge in [-0.15, -0.1) is 0 Å². The van der Waals surface area contributed by atoms with Crippen molar-refractivity contribution in [2.75, 3.05) is 0 Å². The quantitative estimate of drug-likeness (QED) is 0.191. The predicted octanol–water partition coefficient (Wildman–Crippen LogP) is 6.53. The van der Waals surface area contributed by atoms with E-state index in [2.05, 4.69) is 59.0 Å². The van der Waals surface area contributed by atoms with Crippen LogP contribution in [0.4, 0.5) is 0 Å². The zero-order chi connectivity index (χ0) is 12.2. The summed E-state index contributed by atoms with van der Waals surface area (Å²) in [6, 6.07) is 0. The summed E-state index contributed by atoms with van der Waals surface area (Å²) in [6.07, 6.45) is 14.3. The first-order valence-corrected chi connectivity index (χ1v) is 9.47. The molecule has 0 aliphatic rings. The third-order valence-electron chi connectivity index (χ3n) is 3.17. The maximum atomic E-state index is 2.59. The summed E-state index contributed by atoms with van der Waals surface area (Å²) in [4.78, 5) is 0. The van der Waals surface area contributed by atoms with Crippen LogP contribution in [-0.4, -0.2) is 7.85 Å². The van der Waals surface area contributed by atoms with E-state index in [1.165, 1.54) is 64.2 Å². The van der Waals surface area contributed by atoms with Gasteiger partial charge in [0, 0.05) is 7.85 Å². The lowest BCUT2D eigenvalue weighted by Crippen LogP contribution is -1.95. The molecule has 0 bridgehead atoms. The van der Waals surface area contributed by atoms with E-state index >= 15 is 0 Å². The maximum Gasteiger partial charge on any atom is 0.0107 e. The van der Waals surface area contributed by atoms with E-state index < -0.39 is 0 Å². The van der Waals surface area contributed by atoms with E-state index in [1.807, 2.05) is 0 Å². The Bertz CT molecular complexity index is 121. The normalized spacial score (nSPS) is 15.0. The summed E-state index contributed by atoms with van der Waals surface area (Å²) < 4.78 is 1.84. The molecule has 0 spiro atoms. The highest BCUT2D eigenvalue weighted by atomic mass is 127. The van der Waals surface area contributed by atoms with Crippen molar-refractivity contribution in [3.8, 4) is 0 Å². The number of halogens is 2. The van der Waals surface area contributed by atoms with Crippen LogP contribution in [-0.2, 0) is 0 Å². The van der Waals surface area contributed by atoms with Crippen LogP contribution in [0.5, 0.6) is 0 Å². The first-order chi connectivity index (χ1) is 7.70. The van der Waals surface area contributed by atoms with Crippen molar-refractivity contribution in [2.45, 2.75) is 85.9 Å². The molecule has 0 heterocycles. The average Bonchev–Trinajstić information content (AvgIpc) is 2.31. The molecule has 0 fully saturated rings. The Balaban J connectivity index is 3.04. The van der Waals surface area contributed by atoms with Crippen LogP contribution >= 0.6 is 45.2 Å². The summed E-state index contributed by atoms with van der Waals surface area (Å²) in [5, 5.41) is 0. The number of alkyl halides is 2. The number of hydrogen-bond acceptors (Lipinski definition) is 0. The molecule has 0 saturated heterocycles. The van der Waals surface area contributed by atoms with Gasteiger partial charge in [-0.25, -0.2) is 0 Å². The zero-order valence-electron chi connectivity index (χ0n) is 11.0. The molecule has 2 atom stereocenters. The highest BCUT2D eigenvalue weighted by Crippen LogP contribution is 2.18. The molecule has 0 aromatic heterocycles. The Kier molecular flexibility index (Phi) is 14.1. The van der Waals surface area contributed by atoms with Gasteiger partial charge in [-0.2, -0.15) is 0 Å². The lowest BCUT2D eigenvalue weighted by Gasteiger charge is -2.07. The molecule has 0 aliphatic carbocycles. The second-order valence-corrected chi connectivity index (χ2v) is 8.23. The van der Waals surface area contributed by atoms with Crippen LogP contribution < -0.4 is 0 Å². The molecule has 0 aliphatic heterocycles. The van der Waals surface area contributed by atoms with Crippen molar-refractivity contribution in [1.82, 2.24) is 0 Å². The molecule has 0 radical (unpaired) electrons. The van der Waals surface area contributed by atoms with Crippen molar-refractivity contribution in [1.29, 1.82) is 0 Å². The summed E-state index contributed by atoms with van der Waals surface area (Å²) in [7, 11) is 0. The van der Waals surface area contributed by atoms with Crippen molar-refractivity contribution >= 4 is 45.2 Å². The van der Waals surface area contributed by atoms with Gasteiger partial charge in [-0.3, -0.25) is 0 Å². The van der Waals surface area contributed by atoms with E-state index in [1.54, 1.807) is 0 Å². The third kappa shape index (κ3) is 11.9. The van der Waals surface area contributed by atoms with Gasteiger partial charge in [0.25, 0.3) is 0 Å². The highest BCUT2D eigenvalue weighted by Gasteiger charge is 2.01. The molecule has 98 valence electrons. The van der Waals surface area contributed by atoms with Crippen molar-refractivity contribution in [3.05, 3.63) is 0 Å². The second-order valence-electron chi connectivity index (χ2n) is 4.71. The smallest absolute Gasteiger partial charge is 0.0107 e. The van der Waals surface area contributed by atoms with Gasteiger partial charge >= 0.3 is 0 Å². The van der Waals surface area contributed by atoms with Crippen LogP contribution in [0.2, 0.25) is 0 Å². The minimum absolute atomic E-state index is 0.918. The first kappa shape index (κ1) is 17.5. The minimum Gasteiger partial charge on any atom is -0.0826 e. The SMILES string of the molecule is CCC(I)CCCCCCCC[C@@H](I)CC. The van der Waals surface area contributed by atoms with E-state index in [-0.39, 0.29) is 0 Å². The molecule has 0 aromatic carbocycles. The first-order valence-electron chi connectivity index (χ1n) is 6.98. The second kappa shape index (κ2) is 12.9. The van der Waals surface area contributed by atoms with Crippen molar-refractivity contribution in [2.24, 2.45) is 0 Å². The third-order valence-corrected chi connectivity index (χ3v) is 6.18. The van der Waals surface area contributed by atoms with Crippen LogP contribution in [0.25, 0.3) is 0 Å². The number of rotatable bonds is 11. The fourth-order valence-corrected chi connectivity index (χ4v) is 2.73. The van der Waals surface area contributed by atoms with Crippen LogP contribution in [0.1, 0.15) is 78.1 Å². The zero-order valence-corrected chi connectivity index (χ0v) is 15.3. The Morgan fingerprint density at radius 1 is 0.625 bits per heavy atom. The summed E-state index contributed by atoms with van der Waals surface area (Å²) in [5.74, 6) is 0. The Labute approximate surface area is 130 Å². The molecule has 2 heteroatoms. The molecule has 0 N–H and O–H groups in total. The van der Waals surface area contributed by atoms with Gasteiger partial charge in [-0.05, 0) is 25.7 Å². The predicted molar refractivity (Wildman–Crippen MR) is 93.1 cm³/mol. The van der Waals surface area contributed by atoms with Gasteiger partial charge in [0.2, 0.25) is 0 Å². The summed E-state index contributed by atoms with van der Waals surface area (Å²) >= 11 is 5.18. The summed E-state index contributed by atoms with van der Waals surface area (Å²) in [5.41, 5.74) is 0. The van der Waals surface area contributed by atoms with E-state index in [0.29, 0.717) is 0 Å². The molecule has 1 unspecified atom stereocenters. The molecule has 0 saturated carbocycles. The molecule has 0 aromatic rings. The molecule has 16 heavy (non-hydrogen) atoms. The fourth-order valence-electron chi connectivity index (χ4n) is 1.85. The van der Waals surface area contributed by atoms with Gasteiger partial charge in [0.15, 0.2) is 0 Å². The summed E-state index contributed by atoms with van der Waals surface area (Å²) in [6.45, 7) is 4.59. The van der Waals surface area contributed by atoms with E-state index in [4.69, 9.17) is 0 Å². The van der Waals surface area contributed by atoms with Crippen LogP contribution in [0, 0.1) is 0 Å². The van der Waals surface area contributed by atoms with E-state index in [9.17, 15) is 0 Å². The Morgan fingerprint density at radius 3 is 1.25 bits per heavy atom. The van der Waals surface area contributed by atoms with Crippen LogP contribution in [0.3, 0.4) is 0 Å². The fraction of sp³-hybridized carbons (Fsp3) is 1.00. The minimum atomic E-state index is 0.918. The van der Waals surface area contributed by atoms with Gasteiger partial charge in [0.05, 0.1) is 0 Å². The van der Waals surface area contributed by atoms with Gasteiger partial charge < -0.3 is 0 Å². The van der Waals surface area contributed by atoms with Crippen molar-refractivity contribution < 1.29 is 0 Å². The monoisotopic (exact) mass is 450 g/mol. The Morgan fingerprint density at radius 2 is 0.938 bits per heavy atom. The van der Waals surface area contributed by atoms with E-state index in [0.717, 1.165) is 7.85 Å². The van der Waals surface area contributed by atoms with Gasteiger partial charge in [-0.1, -0.05) is 97.6 Å². The van der Waals surface area contributed by atoms with Crippen molar-refractivity contribution in [3.63, 3.8) is 0 Å². The molecule has 0 rings (SSSR count). The van der Waals surface area contributed by atoms with Gasteiger partial charge in [0.1, 0.15) is 0 Å². The molecule has 0 nitrogen and oxygen atoms in total. The maximum absolute atomic E-state index is 2.59. The molecule has 0 amide bonds. The average molecular weight is 450 g/mol. The highest BCUT2D eigenvalue weighted by molar-refractivity contribution is 14.1. The topological polar surface area (TPSA) is 0 Å².